The van der Waals surface area contributed by atoms with E-state index in [4.69, 9.17) is 0 Å². The Bertz CT molecular complexity index is 985. The van der Waals surface area contributed by atoms with Crippen LogP contribution in [0.25, 0.3) is 10.8 Å². The van der Waals surface area contributed by atoms with Crippen LogP contribution >= 0.6 is 19.5 Å². The Labute approximate surface area is 169 Å². The second-order valence-corrected chi connectivity index (χ2v) is 9.37. The highest BCUT2D eigenvalue weighted by Crippen LogP contribution is 2.33. The molecule has 4 nitrogen and oxygen atoms in total. The minimum atomic E-state index is -2.11. The number of aliphatic carboxylic acids is 1. The number of benzene rings is 3. The highest BCUT2D eigenvalue weighted by atomic mass is 32.2. The summed E-state index contributed by atoms with van der Waals surface area (Å²) in [6.45, 7) is 0. The molecule has 0 fully saturated rings. The van der Waals surface area contributed by atoms with Crippen LogP contribution in [-0.2, 0) is 11.2 Å². The molecule has 3 aromatic carbocycles. The van der Waals surface area contributed by atoms with Gasteiger partial charge in [-0.1, -0.05) is 78.5 Å². The van der Waals surface area contributed by atoms with Crippen LogP contribution < -0.4 is 4.89 Å². The van der Waals surface area contributed by atoms with E-state index in [1.807, 2.05) is 72.8 Å². The van der Waals surface area contributed by atoms with Gasteiger partial charge in [-0.05, 0) is 35.2 Å². The van der Waals surface area contributed by atoms with Crippen molar-refractivity contribution >= 4 is 42.1 Å². The molecule has 0 saturated heterocycles. The Hall–Kier alpha value is -2.17. The standard InChI is InChI=1S/C22H21O4PS/c23-21(24)22(25,14-13-17-7-2-1-3-8-17)15-27(26)16-28-20-12-6-10-18-9-4-5-11-19(18)20/h1-12,15,25H,13-14,16H2,(H,23,24). The molecule has 0 spiro atoms. The number of rotatable bonds is 8. The number of carboxylic acids is 1. The number of aliphatic hydroxyl groups is 1. The maximum atomic E-state index is 12.5. The quantitative estimate of drug-likeness (QED) is 0.433. The zero-order valence-corrected chi connectivity index (χ0v) is 16.9. The van der Waals surface area contributed by atoms with Crippen LogP contribution in [-0.4, -0.2) is 33.1 Å². The Kier molecular flexibility index (Phi) is 6.87. The summed E-state index contributed by atoms with van der Waals surface area (Å²) in [5.74, 6) is -0.284. The van der Waals surface area contributed by atoms with Gasteiger partial charge in [0.1, 0.15) is 5.80 Å². The second-order valence-electron chi connectivity index (χ2n) is 6.51. The first-order valence-electron chi connectivity index (χ1n) is 8.88. The van der Waals surface area contributed by atoms with Crippen molar-refractivity contribution in [3.05, 3.63) is 78.4 Å². The first kappa shape index (κ1) is 20.6. The molecule has 0 aromatic heterocycles. The van der Waals surface area contributed by atoms with Crippen LogP contribution in [0.2, 0.25) is 0 Å². The Morgan fingerprint density at radius 1 is 1.04 bits per heavy atom. The number of carboxylic acid groups (broad SMARTS) is 1. The van der Waals surface area contributed by atoms with Gasteiger partial charge in [0.2, 0.25) is 5.60 Å². The molecule has 144 valence electrons. The van der Waals surface area contributed by atoms with Crippen LogP contribution in [0.5, 0.6) is 0 Å². The van der Waals surface area contributed by atoms with Gasteiger partial charge in [-0.25, -0.2) is 4.79 Å². The van der Waals surface area contributed by atoms with Gasteiger partial charge >= 0.3 is 5.97 Å². The summed E-state index contributed by atoms with van der Waals surface area (Å²) in [5, 5.41) is 22.2. The zero-order chi connectivity index (χ0) is 20.0. The number of fused-ring (bicyclic) bond motifs is 1. The molecular weight excluding hydrogens is 391 g/mol. The minimum Gasteiger partial charge on any atom is -0.630 e. The number of aryl methyl sites for hydroxylation is 1. The lowest BCUT2D eigenvalue weighted by Gasteiger charge is -2.18. The fourth-order valence-electron chi connectivity index (χ4n) is 2.94. The van der Waals surface area contributed by atoms with Crippen molar-refractivity contribution in [3.8, 4) is 0 Å². The second kappa shape index (κ2) is 9.35. The van der Waals surface area contributed by atoms with E-state index in [0.717, 1.165) is 27.0 Å². The Balaban J connectivity index is 1.71. The molecular formula is C22H21O4PS. The van der Waals surface area contributed by atoms with Gasteiger partial charge in [0, 0.05) is 4.90 Å². The van der Waals surface area contributed by atoms with Crippen molar-refractivity contribution in [2.45, 2.75) is 23.3 Å². The lowest BCUT2D eigenvalue weighted by molar-refractivity contribution is -0.155. The van der Waals surface area contributed by atoms with E-state index in [-0.39, 0.29) is 11.9 Å². The third kappa shape index (κ3) is 5.21. The van der Waals surface area contributed by atoms with E-state index in [9.17, 15) is 19.9 Å². The van der Waals surface area contributed by atoms with Crippen LogP contribution in [0.15, 0.2) is 77.7 Å². The van der Waals surface area contributed by atoms with Crippen molar-refractivity contribution in [2.24, 2.45) is 0 Å². The first-order valence-corrected chi connectivity index (χ1v) is 11.4. The SMILES string of the molecule is O=C(O)C(O)(C=[P+]([O-])CSc1cccc2ccccc12)CCc1ccccc1. The summed E-state index contributed by atoms with van der Waals surface area (Å²) < 4.78 is 0. The number of hydrogen-bond acceptors (Lipinski definition) is 4. The number of carbonyl (C=O) groups is 1. The molecule has 2 unspecified atom stereocenters. The smallest absolute Gasteiger partial charge is 0.343 e. The molecule has 0 aliphatic carbocycles. The molecule has 3 rings (SSSR count). The van der Waals surface area contributed by atoms with Gasteiger partial charge < -0.3 is 15.1 Å². The Morgan fingerprint density at radius 3 is 2.46 bits per heavy atom. The summed E-state index contributed by atoms with van der Waals surface area (Å²) >= 11 is 1.41. The maximum absolute atomic E-state index is 12.5. The fraction of sp³-hybridized carbons (Fsp3) is 0.182. The molecule has 28 heavy (non-hydrogen) atoms. The number of thioether (sulfide) groups is 1. The van der Waals surface area contributed by atoms with Crippen molar-refractivity contribution in [1.82, 2.24) is 0 Å². The summed E-state index contributed by atoms with van der Waals surface area (Å²) in [7, 11) is -2.00. The molecule has 0 radical (unpaired) electrons. The normalized spacial score (nSPS) is 14.0. The van der Waals surface area contributed by atoms with Crippen LogP contribution in [0, 0.1) is 0 Å². The predicted octanol–water partition coefficient (Wildman–Crippen LogP) is 3.90. The van der Waals surface area contributed by atoms with Gasteiger partial charge in [-0.15, -0.1) is 0 Å². The van der Waals surface area contributed by atoms with Crippen LogP contribution in [0.1, 0.15) is 12.0 Å². The molecule has 2 N–H and O–H groups in total. The summed E-state index contributed by atoms with van der Waals surface area (Å²) in [6.07, 6.45) is 0.367. The van der Waals surface area contributed by atoms with E-state index in [1.54, 1.807) is 0 Å². The monoisotopic (exact) mass is 412 g/mol. The molecule has 0 aliphatic heterocycles. The minimum absolute atomic E-state index is 0.0215. The van der Waals surface area contributed by atoms with Gasteiger partial charge in [0.25, 0.3) is 0 Å². The number of hydrogen-bond donors (Lipinski definition) is 2. The average molecular weight is 412 g/mol. The van der Waals surface area contributed by atoms with Crippen molar-refractivity contribution in [2.75, 3.05) is 5.49 Å². The van der Waals surface area contributed by atoms with E-state index < -0.39 is 19.3 Å². The van der Waals surface area contributed by atoms with Gasteiger partial charge in [0.15, 0.2) is 5.49 Å². The molecule has 0 aliphatic rings. The van der Waals surface area contributed by atoms with E-state index in [2.05, 4.69) is 0 Å². The highest BCUT2D eigenvalue weighted by Gasteiger charge is 2.36. The lowest BCUT2D eigenvalue weighted by Crippen LogP contribution is -2.41. The van der Waals surface area contributed by atoms with Crippen molar-refractivity contribution < 1.29 is 19.9 Å². The van der Waals surface area contributed by atoms with E-state index in [0.29, 0.717) is 6.42 Å². The van der Waals surface area contributed by atoms with Gasteiger partial charge in [0.05, 0.1) is 7.77 Å². The maximum Gasteiger partial charge on any atom is 0.343 e. The third-order valence-corrected chi connectivity index (χ3v) is 7.38. The molecule has 0 amide bonds. The zero-order valence-electron chi connectivity index (χ0n) is 15.2. The molecule has 2 atom stereocenters. The highest BCUT2D eigenvalue weighted by molar-refractivity contribution is 8.04. The predicted molar refractivity (Wildman–Crippen MR) is 115 cm³/mol. The molecule has 3 aromatic rings. The van der Waals surface area contributed by atoms with E-state index in [1.165, 1.54) is 11.8 Å². The van der Waals surface area contributed by atoms with Crippen LogP contribution in [0.3, 0.4) is 0 Å². The summed E-state index contributed by atoms with van der Waals surface area (Å²) in [6, 6.07) is 23.2. The summed E-state index contributed by atoms with van der Waals surface area (Å²) in [5.41, 5.74) is -0.969. The summed E-state index contributed by atoms with van der Waals surface area (Å²) in [4.78, 5) is 25.1. The van der Waals surface area contributed by atoms with Crippen molar-refractivity contribution in [3.63, 3.8) is 0 Å². The van der Waals surface area contributed by atoms with Crippen LogP contribution in [0.4, 0.5) is 0 Å². The molecule has 0 heterocycles. The fourth-order valence-corrected chi connectivity index (χ4v) is 5.53. The van der Waals surface area contributed by atoms with Gasteiger partial charge in [-0.3, -0.25) is 0 Å². The first-order chi connectivity index (χ1) is 13.5. The molecule has 6 heteroatoms. The Morgan fingerprint density at radius 2 is 1.71 bits per heavy atom. The average Bonchev–Trinajstić information content (AvgIpc) is 2.71. The topological polar surface area (TPSA) is 80.6 Å². The van der Waals surface area contributed by atoms with Gasteiger partial charge in [-0.2, -0.15) is 0 Å². The van der Waals surface area contributed by atoms with E-state index >= 15 is 0 Å². The van der Waals surface area contributed by atoms with Crippen molar-refractivity contribution in [1.29, 1.82) is 0 Å². The molecule has 0 bridgehead atoms. The molecule has 0 saturated carbocycles. The lowest BCUT2D eigenvalue weighted by atomic mass is 9.97. The third-order valence-electron chi connectivity index (χ3n) is 4.46. The largest absolute Gasteiger partial charge is 0.630 e.